The molecule has 2 aliphatic rings. The quantitative estimate of drug-likeness (QED) is 0.337. The average Bonchev–Trinajstić information content (AvgIpc) is 2.72. The van der Waals surface area contributed by atoms with Crippen molar-refractivity contribution in [3.63, 3.8) is 0 Å². The predicted octanol–water partition coefficient (Wildman–Crippen LogP) is 1.36. The number of carbonyl (C=O) groups is 4. The smallest absolute Gasteiger partial charge is 0.462 e. The zero-order chi connectivity index (χ0) is 24.1. The molecule has 0 N–H and O–H groups in total. The van der Waals surface area contributed by atoms with Crippen LogP contribution in [0.2, 0.25) is 0 Å². The maximum absolute atomic E-state index is 12.6. The number of ether oxygens (including phenoxy) is 2. The highest BCUT2D eigenvalue weighted by Gasteiger charge is 2.46. The van der Waals surface area contributed by atoms with E-state index in [0.29, 0.717) is 24.0 Å². The molecule has 0 aromatic rings. The van der Waals surface area contributed by atoms with Crippen LogP contribution < -0.4 is 0 Å². The lowest BCUT2D eigenvalue weighted by Crippen LogP contribution is -2.59. The summed E-state index contributed by atoms with van der Waals surface area (Å²) in [6, 6.07) is -0.357. The van der Waals surface area contributed by atoms with Gasteiger partial charge >= 0.3 is 23.9 Å². The molecule has 0 bridgehead atoms. The Bertz CT molecular complexity index is 768. The molecular formula is C22H34N2O8+2. The van der Waals surface area contributed by atoms with Crippen molar-refractivity contribution in [2.45, 2.75) is 52.6 Å². The van der Waals surface area contributed by atoms with Crippen LogP contribution in [0, 0.1) is 0 Å². The van der Waals surface area contributed by atoms with Crippen molar-refractivity contribution >= 4 is 23.9 Å². The molecule has 0 aromatic heterocycles. The van der Waals surface area contributed by atoms with E-state index in [1.165, 1.54) is 0 Å². The number of quaternary nitrogens is 2. The van der Waals surface area contributed by atoms with Gasteiger partial charge in [0.15, 0.2) is 13.1 Å². The van der Waals surface area contributed by atoms with Crippen molar-refractivity contribution in [1.29, 1.82) is 0 Å². The fraction of sp³-hybridized carbons (Fsp3) is 0.636. The van der Waals surface area contributed by atoms with Crippen LogP contribution in [0.25, 0.3) is 0 Å². The molecule has 4 atom stereocenters. The van der Waals surface area contributed by atoms with Crippen molar-refractivity contribution in [1.82, 2.24) is 0 Å². The summed E-state index contributed by atoms with van der Waals surface area (Å²) in [5, 5.41) is 0. The van der Waals surface area contributed by atoms with Crippen molar-refractivity contribution in [2.75, 3.05) is 40.4 Å². The summed E-state index contributed by atoms with van der Waals surface area (Å²) in [5.74, 6) is -3.27. The first kappa shape index (κ1) is 25.5. The van der Waals surface area contributed by atoms with E-state index >= 15 is 0 Å². The highest BCUT2D eigenvalue weighted by atomic mass is 16.8. The Hall–Kier alpha value is -2.72. The molecular weight excluding hydrogens is 420 g/mol. The lowest BCUT2D eigenvalue weighted by atomic mass is 10.0. The number of nitrogens with zero attached hydrogens (tertiary/aromatic N) is 2. The number of rotatable bonds is 6. The summed E-state index contributed by atoms with van der Waals surface area (Å²) in [7, 11) is 3.26. The second-order valence-electron chi connectivity index (χ2n) is 8.49. The van der Waals surface area contributed by atoms with Gasteiger partial charge in [0.2, 0.25) is 0 Å². The van der Waals surface area contributed by atoms with Gasteiger partial charge in [-0.25, -0.2) is 19.2 Å². The van der Waals surface area contributed by atoms with Gasteiger partial charge < -0.3 is 9.47 Å². The molecule has 0 aliphatic carbocycles. The van der Waals surface area contributed by atoms with Gasteiger partial charge in [-0.2, -0.15) is 0 Å². The molecule has 0 fully saturated rings. The van der Waals surface area contributed by atoms with Crippen LogP contribution in [0.4, 0.5) is 0 Å². The molecule has 0 spiro atoms. The van der Waals surface area contributed by atoms with Crippen LogP contribution in [0.15, 0.2) is 23.3 Å². The first-order valence-electron chi connectivity index (χ1n) is 10.9. The average molecular weight is 455 g/mol. The van der Waals surface area contributed by atoms with Gasteiger partial charge in [-0.3, -0.25) is 9.68 Å². The van der Waals surface area contributed by atoms with Crippen LogP contribution in [0.3, 0.4) is 0 Å². The Morgan fingerprint density at radius 2 is 1.12 bits per heavy atom. The minimum absolute atomic E-state index is 0.0806. The van der Waals surface area contributed by atoms with Gasteiger partial charge in [0.25, 0.3) is 0 Å². The lowest BCUT2D eigenvalue weighted by molar-refractivity contribution is -1.09. The van der Waals surface area contributed by atoms with Gasteiger partial charge in [-0.1, -0.05) is 12.2 Å². The van der Waals surface area contributed by atoms with E-state index in [4.69, 9.17) is 19.1 Å². The summed E-state index contributed by atoms with van der Waals surface area (Å²) in [4.78, 5) is 60.5. The van der Waals surface area contributed by atoms with Crippen LogP contribution in [-0.2, 0) is 38.3 Å². The summed E-state index contributed by atoms with van der Waals surface area (Å²) < 4.78 is 9.51. The molecule has 4 unspecified atom stereocenters. The number of carbonyl (C=O) groups excluding carboxylic acids is 4. The van der Waals surface area contributed by atoms with E-state index in [-0.39, 0.29) is 47.7 Å². The summed E-state index contributed by atoms with van der Waals surface area (Å²) >= 11 is 0. The standard InChI is InChI=1S/C22H34N2O8/c1-7-29-19(25)17-11-9-15(3)23(5,13-17)31-21(27)22(28)32-24(6)14-18(12-10-16(24)4)20(26)30-8-2/h11-12,15-16H,7-10,13-14H2,1-6H3/q+2. The molecule has 0 radical (unpaired) electrons. The predicted molar refractivity (Wildman–Crippen MR) is 112 cm³/mol. The number of hydroxylamine groups is 6. The first-order valence-corrected chi connectivity index (χ1v) is 10.9. The Balaban J connectivity index is 2.08. The Morgan fingerprint density at radius 1 is 0.781 bits per heavy atom. The van der Waals surface area contributed by atoms with E-state index in [1.807, 2.05) is 13.8 Å². The lowest BCUT2D eigenvalue weighted by Gasteiger charge is -2.39. The van der Waals surface area contributed by atoms with Crippen molar-refractivity contribution in [3.8, 4) is 0 Å². The number of likely N-dealkylation sites (N-methyl/N-ethyl adjacent to an activating group) is 2. The normalized spacial score (nSPS) is 29.8. The number of hydrogen-bond donors (Lipinski definition) is 0. The maximum atomic E-state index is 12.6. The fourth-order valence-corrected chi connectivity index (χ4v) is 3.63. The maximum Gasteiger partial charge on any atom is 0.480 e. The topological polar surface area (TPSA) is 105 Å². The molecule has 0 saturated carbocycles. The summed E-state index contributed by atoms with van der Waals surface area (Å²) in [6.07, 6.45) is 4.48. The van der Waals surface area contributed by atoms with Crippen molar-refractivity contribution < 1.29 is 47.6 Å². The molecule has 2 heterocycles. The van der Waals surface area contributed by atoms with E-state index < -0.39 is 23.9 Å². The zero-order valence-electron chi connectivity index (χ0n) is 19.7. The van der Waals surface area contributed by atoms with E-state index in [1.54, 1.807) is 40.1 Å². The molecule has 2 rings (SSSR count). The number of esters is 2. The Kier molecular flexibility index (Phi) is 8.19. The van der Waals surface area contributed by atoms with E-state index in [0.717, 1.165) is 0 Å². The molecule has 2 aliphatic heterocycles. The van der Waals surface area contributed by atoms with Gasteiger partial charge in [0, 0.05) is 12.8 Å². The minimum Gasteiger partial charge on any atom is -0.462 e. The third kappa shape index (κ3) is 5.74. The van der Waals surface area contributed by atoms with Gasteiger partial charge in [0.05, 0.1) is 24.4 Å². The van der Waals surface area contributed by atoms with E-state index in [9.17, 15) is 19.2 Å². The summed E-state index contributed by atoms with van der Waals surface area (Å²) in [6.45, 7) is 7.76. The molecule has 0 amide bonds. The SMILES string of the molecule is CCOC(=O)C1=CCC(C)[N+](C)(OC(=O)C(=O)O[N+]2(C)CC(C(=O)OCC)=CCC2C)C1. The third-order valence-corrected chi connectivity index (χ3v) is 6.07. The van der Waals surface area contributed by atoms with Crippen LogP contribution in [0.5, 0.6) is 0 Å². The van der Waals surface area contributed by atoms with Crippen LogP contribution in [0.1, 0.15) is 40.5 Å². The molecule has 32 heavy (non-hydrogen) atoms. The summed E-state index contributed by atoms with van der Waals surface area (Å²) in [5.41, 5.74) is 0.781. The highest BCUT2D eigenvalue weighted by molar-refractivity contribution is 6.29. The van der Waals surface area contributed by atoms with Gasteiger partial charge in [-0.15, -0.1) is 9.29 Å². The molecule has 10 heteroatoms. The van der Waals surface area contributed by atoms with Gasteiger partial charge in [-0.05, 0) is 27.7 Å². The fourth-order valence-electron chi connectivity index (χ4n) is 3.63. The Labute approximate surface area is 188 Å². The Morgan fingerprint density at radius 3 is 1.44 bits per heavy atom. The molecule has 0 saturated heterocycles. The number of hydrogen-bond acceptors (Lipinski definition) is 8. The van der Waals surface area contributed by atoms with Crippen LogP contribution in [-0.4, -0.2) is 85.7 Å². The van der Waals surface area contributed by atoms with E-state index in [2.05, 4.69) is 0 Å². The van der Waals surface area contributed by atoms with Crippen LogP contribution >= 0.6 is 0 Å². The monoisotopic (exact) mass is 454 g/mol. The van der Waals surface area contributed by atoms with Crippen molar-refractivity contribution in [2.24, 2.45) is 0 Å². The van der Waals surface area contributed by atoms with Crippen molar-refractivity contribution in [3.05, 3.63) is 23.3 Å². The third-order valence-electron chi connectivity index (χ3n) is 6.07. The minimum atomic E-state index is -1.16. The largest absolute Gasteiger partial charge is 0.480 e. The molecule has 178 valence electrons. The molecule has 0 aromatic carbocycles. The van der Waals surface area contributed by atoms with Gasteiger partial charge in [0.1, 0.15) is 26.2 Å². The highest BCUT2D eigenvalue weighted by Crippen LogP contribution is 2.27. The second-order valence-corrected chi connectivity index (χ2v) is 8.49. The second kappa shape index (κ2) is 10.3. The molecule has 10 nitrogen and oxygen atoms in total. The first-order chi connectivity index (χ1) is 15.0. The zero-order valence-corrected chi connectivity index (χ0v) is 19.7.